The number of nitrogens with two attached hydrogens (primary N) is 1. The summed E-state index contributed by atoms with van der Waals surface area (Å²) in [7, 11) is 1.76. The lowest BCUT2D eigenvalue weighted by Gasteiger charge is -2.31. The normalized spacial score (nSPS) is 22.0. The Morgan fingerprint density at radius 2 is 2.08 bits per heavy atom. The summed E-state index contributed by atoms with van der Waals surface area (Å²) in [5, 5.41) is 1.53. The van der Waals surface area contributed by atoms with Gasteiger partial charge in [-0.1, -0.05) is 13.8 Å². The number of nitrogens with zero attached hydrogens (tertiary/aromatic N) is 1. The second kappa shape index (κ2) is 2.90. The van der Waals surface area contributed by atoms with Crippen LogP contribution in [0.1, 0.15) is 26.7 Å². The number of allylic oxidation sites excluding steroid dienone is 2. The van der Waals surface area contributed by atoms with Gasteiger partial charge in [0.05, 0.1) is 0 Å². The first-order chi connectivity index (χ1) is 5.41. The summed E-state index contributed by atoms with van der Waals surface area (Å²) in [6.45, 7) is 4.17. The Labute approximate surface area is 73.2 Å². The molecule has 0 saturated heterocycles. The third kappa shape index (κ3) is 2.08. The van der Waals surface area contributed by atoms with Gasteiger partial charge in [-0.15, -0.1) is 0 Å². The van der Waals surface area contributed by atoms with Crippen LogP contribution in [0, 0.1) is 5.41 Å². The summed E-state index contributed by atoms with van der Waals surface area (Å²) in [4.78, 5) is 11.2. The predicted molar refractivity (Wildman–Crippen MR) is 48.1 cm³/mol. The molecule has 2 N–H and O–H groups in total. The molecular formula is C9H16N2O. The molecule has 0 radical (unpaired) electrons. The molecule has 3 nitrogen and oxygen atoms in total. The van der Waals surface area contributed by atoms with E-state index in [0.29, 0.717) is 6.42 Å². The lowest BCUT2D eigenvalue weighted by atomic mass is 9.79. The van der Waals surface area contributed by atoms with Crippen LogP contribution in [0.4, 0.5) is 0 Å². The molecule has 0 heterocycles. The zero-order chi connectivity index (χ0) is 9.35. The van der Waals surface area contributed by atoms with Crippen molar-refractivity contribution >= 4 is 5.78 Å². The van der Waals surface area contributed by atoms with Crippen LogP contribution in [-0.4, -0.2) is 17.8 Å². The van der Waals surface area contributed by atoms with E-state index in [9.17, 15) is 4.79 Å². The summed E-state index contributed by atoms with van der Waals surface area (Å²) in [6, 6.07) is 0. The van der Waals surface area contributed by atoms with E-state index in [-0.39, 0.29) is 11.2 Å². The first kappa shape index (κ1) is 9.26. The molecule has 0 bridgehead atoms. The molecule has 12 heavy (non-hydrogen) atoms. The van der Waals surface area contributed by atoms with Crippen molar-refractivity contribution in [1.82, 2.24) is 5.01 Å². The molecule has 0 spiro atoms. The number of hydrogen-bond donors (Lipinski definition) is 1. The second-order valence-electron chi connectivity index (χ2n) is 4.23. The van der Waals surface area contributed by atoms with Crippen LogP contribution in [0.15, 0.2) is 11.8 Å². The zero-order valence-electron chi connectivity index (χ0n) is 7.92. The van der Waals surface area contributed by atoms with E-state index in [0.717, 1.165) is 12.1 Å². The molecular weight excluding hydrogens is 152 g/mol. The number of hydrogen-bond acceptors (Lipinski definition) is 3. The molecule has 0 atom stereocenters. The molecule has 0 aliphatic heterocycles. The van der Waals surface area contributed by atoms with E-state index >= 15 is 0 Å². The fourth-order valence-electron chi connectivity index (χ4n) is 1.54. The Bertz CT molecular complexity index is 229. The average Bonchev–Trinajstić information content (AvgIpc) is 1.82. The van der Waals surface area contributed by atoms with E-state index in [2.05, 4.69) is 13.8 Å². The fourth-order valence-corrected chi connectivity index (χ4v) is 1.54. The molecule has 0 fully saturated rings. The van der Waals surface area contributed by atoms with Crippen LogP contribution < -0.4 is 5.84 Å². The smallest absolute Gasteiger partial charge is 0.158 e. The monoisotopic (exact) mass is 168 g/mol. The third-order valence-electron chi connectivity index (χ3n) is 2.09. The van der Waals surface area contributed by atoms with Crippen molar-refractivity contribution in [3.63, 3.8) is 0 Å². The van der Waals surface area contributed by atoms with Crippen LogP contribution in [0.3, 0.4) is 0 Å². The highest BCUT2D eigenvalue weighted by molar-refractivity contribution is 5.91. The van der Waals surface area contributed by atoms with E-state index in [1.165, 1.54) is 5.01 Å². The molecule has 1 aliphatic rings. The second-order valence-corrected chi connectivity index (χ2v) is 4.23. The highest BCUT2D eigenvalue weighted by atomic mass is 16.1. The molecule has 0 amide bonds. The Morgan fingerprint density at radius 1 is 1.50 bits per heavy atom. The molecule has 0 aromatic carbocycles. The van der Waals surface area contributed by atoms with E-state index in [4.69, 9.17) is 5.84 Å². The molecule has 68 valence electrons. The minimum Gasteiger partial charge on any atom is -0.318 e. The van der Waals surface area contributed by atoms with Gasteiger partial charge in [0.25, 0.3) is 0 Å². The van der Waals surface area contributed by atoms with E-state index in [1.54, 1.807) is 13.1 Å². The van der Waals surface area contributed by atoms with Gasteiger partial charge in [0, 0.05) is 25.2 Å². The topological polar surface area (TPSA) is 46.3 Å². The van der Waals surface area contributed by atoms with Crippen molar-refractivity contribution < 1.29 is 4.79 Å². The largest absolute Gasteiger partial charge is 0.318 e. The number of carbonyl (C=O) groups excluding carboxylic acids is 1. The highest BCUT2D eigenvalue weighted by Gasteiger charge is 2.28. The summed E-state index contributed by atoms with van der Waals surface area (Å²) in [6.07, 6.45) is 3.15. The summed E-state index contributed by atoms with van der Waals surface area (Å²) < 4.78 is 0. The Kier molecular flexibility index (Phi) is 2.24. The lowest BCUT2D eigenvalue weighted by molar-refractivity contribution is -0.117. The Balaban J connectivity index is 2.84. The van der Waals surface area contributed by atoms with Crippen molar-refractivity contribution in [2.75, 3.05) is 7.05 Å². The summed E-state index contributed by atoms with van der Waals surface area (Å²) >= 11 is 0. The minimum absolute atomic E-state index is 0.0643. The lowest BCUT2D eigenvalue weighted by Crippen LogP contribution is -2.32. The molecule has 0 aromatic rings. The first-order valence-corrected chi connectivity index (χ1v) is 4.12. The molecule has 1 aliphatic carbocycles. The SMILES string of the molecule is CN(N)C1=CC(=O)CC(C)(C)C1. The maximum Gasteiger partial charge on any atom is 0.158 e. The molecule has 0 unspecified atom stereocenters. The Morgan fingerprint density at radius 3 is 2.50 bits per heavy atom. The van der Waals surface area contributed by atoms with Crippen LogP contribution in [0.25, 0.3) is 0 Å². The fraction of sp³-hybridized carbons (Fsp3) is 0.667. The number of rotatable bonds is 1. The van der Waals surface area contributed by atoms with Crippen molar-refractivity contribution in [2.45, 2.75) is 26.7 Å². The predicted octanol–water partition coefficient (Wildman–Crippen LogP) is 1.06. The van der Waals surface area contributed by atoms with Crippen molar-refractivity contribution in [3.8, 4) is 0 Å². The Hall–Kier alpha value is -0.830. The summed E-state index contributed by atoms with van der Waals surface area (Å²) in [5.74, 6) is 5.74. The van der Waals surface area contributed by atoms with Gasteiger partial charge in [-0.25, -0.2) is 5.84 Å². The quantitative estimate of drug-likeness (QED) is 0.470. The van der Waals surface area contributed by atoms with Crippen LogP contribution in [0.5, 0.6) is 0 Å². The van der Waals surface area contributed by atoms with Crippen molar-refractivity contribution in [3.05, 3.63) is 11.8 Å². The minimum atomic E-state index is 0.0643. The van der Waals surface area contributed by atoms with Gasteiger partial charge in [-0.05, 0) is 11.8 Å². The van der Waals surface area contributed by atoms with Crippen LogP contribution >= 0.6 is 0 Å². The van der Waals surface area contributed by atoms with Gasteiger partial charge in [0.15, 0.2) is 5.78 Å². The van der Waals surface area contributed by atoms with Gasteiger partial charge < -0.3 is 5.01 Å². The van der Waals surface area contributed by atoms with Crippen LogP contribution in [-0.2, 0) is 4.79 Å². The maximum absolute atomic E-state index is 11.2. The van der Waals surface area contributed by atoms with E-state index < -0.39 is 0 Å². The highest BCUT2D eigenvalue weighted by Crippen LogP contribution is 2.33. The molecule has 0 aromatic heterocycles. The van der Waals surface area contributed by atoms with Crippen molar-refractivity contribution in [1.29, 1.82) is 0 Å². The molecule has 1 rings (SSSR count). The standard InChI is InChI=1S/C9H16N2O/c1-9(2)5-7(11(3)10)4-8(12)6-9/h4H,5-6,10H2,1-3H3. The third-order valence-corrected chi connectivity index (χ3v) is 2.09. The van der Waals surface area contributed by atoms with E-state index in [1.807, 2.05) is 0 Å². The summed E-state index contributed by atoms with van der Waals surface area (Å²) in [5.41, 5.74) is 0.991. The molecule has 0 saturated carbocycles. The zero-order valence-corrected chi connectivity index (χ0v) is 7.92. The van der Waals surface area contributed by atoms with Gasteiger partial charge in [0.1, 0.15) is 0 Å². The van der Waals surface area contributed by atoms with Crippen LogP contribution in [0.2, 0.25) is 0 Å². The van der Waals surface area contributed by atoms with Gasteiger partial charge in [0.2, 0.25) is 0 Å². The first-order valence-electron chi connectivity index (χ1n) is 4.12. The maximum atomic E-state index is 11.2. The van der Waals surface area contributed by atoms with Gasteiger partial charge >= 0.3 is 0 Å². The number of ketones is 1. The number of hydrazine groups is 1. The number of carbonyl (C=O) groups is 1. The van der Waals surface area contributed by atoms with Gasteiger partial charge in [-0.3, -0.25) is 4.79 Å². The van der Waals surface area contributed by atoms with Crippen molar-refractivity contribution in [2.24, 2.45) is 11.3 Å². The average molecular weight is 168 g/mol. The molecule has 3 heteroatoms. The van der Waals surface area contributed by atoms with Gasteiger partial charge in [-0.2, -0.15) is 0 Å².